The number of aryl methyl sites for hydroxylation is 1. The molecule has 0 aliphatic rings. The van der Waals surface area contributed by atoms with Crippen LogP contribution < -0.4 is 24.7 Å². The number of benzene rings is 2. The van der Waals surface area contributed by atoms with Crippen molar-refractivity contribution in [3.8, 4) is 23.0 Å². The standard InChI is InChI=1S/C25H35N3O4/c1-17-20(21-15-19(29-2)7-8-22(21)27-17)9-12-28(11-6-10-26)16-18-13-23(30-3)25(32-5)24(14-18)31-4/h7-8,13-15,27H,6,9-12,16,26H2,1-5H3. The quantitative estimate of drug-likeness (QED) is 0.444. The van der Waals surface area contributed by atoms with Crippen LogP contribution in [0.4, 0.5) is 0 Å². The number of H-pyrrole nitrogens is 1. The maximum absolute atomic E-state index is 5.82. The van der Waals surface area contributed by atoms with Crippen LogP contribution in [0.1, 0.15) is 23.2 Å². The van der Waals surface area contributed by atoms with Crippen LogP contribution in [0.3, 0.4) is 0 Å². The van der Waals surface area contributed by atoms with E-state index in [9.17, 15) is 0 Å². The van der Waals surface area contributed by atoms with Gasteiger partial charge in [0.15, 0.2) is 11.5 Å². The number of rotatable bonds is 12. The average molecular weight is 442 g/mol. The molecule has 2 aromatic carbocycles. The van der Waals surface area contributed by atoms with E-state index < -0.39 is 0 Å². The Bertz CT molecular complexity index is 1010. The third kappa shape index (κ3) is 5.29. The molecule has 0 amide bonds. The van der Waals surface area contributed by atoms with Crippen LogP contribution in [0.2, 0.25) is 0 Å². The van der Waals surface area contributed by atoms with Gasteiger partial charge in [0.2, 0.25) is 5.75 Å². The van der Waals surface area contributed by atoms with E-state index in [4.69, 9.17) is 24.7 Å². The molecule has 1 heterocycles. The summed E-state index contributed by atoms with van der Waals surface area (Å²) in [5.41, 5.74) is 10.6. The molecule has 0 spiro atoms. The monoisotopic (exact) mass is 441 g/mol. The van der Waals surface area contributed by atoms with E-state index >= 15 is 0 Å². The van der Waals surface area contributed by atoms with E-state index in [2.05, 4.69) is 28.9 Å². The van der Waals surface area contributed by atoms with Crippen LogP contribution in [0.5, 0.6) is 23.0 Å². The van der Waals surface area contributed by atoms with Crippen LogP contribution in [0.15, 0.2) is 30.3 Å². The van der Waals surface area contributed by atoms with Crippen LogP contribution in [-0.4, -0.2) is 58.0 Å². The summed E-state index contributed by atoms with van der Waals surface area (Å²) < 4.78 is 21.9. The largest absolute Gasteiger partial charge is 0.497 e. The maximum atomic E-state index is 5.82. The Hall–Kier alpha value is -2.90. The van der Waals surface area contributed by atoms with E-state index in [1.54, 1.807) is 28.4 Å². The molecule has 0 fully saturated rings. The number of nitrogens with two attached hydrogens (primary N) is 1. The fourth-order valence-electron chi connectivity index (χ4n) is 4.15. The Kier molecular flexibility index (Phi) is 8.25. The lowest BCUT2D eigenvalue weighted by atomic mass is 10.1. The van der Waals surface area contributed by atoms with Crippen molar-refractivity contribution >= 4 is 10.9 Å². The van der Waals surface area contributed by atoms with Gasteiger partial charge in [-0.25, -0.2) is 0 Å². The Morgan fingerprint density at radius 3 is 2.22 bits per heavy atom. The normalized spacial score (nSPS) is 11.2. The lowest BCUT2D eigenvalue weighted by Crippen LogP contribution is -2.28. The summed E-state index contributed by atoms with van der Waals surface area (Å²) in [5.74, 6) is 2.81. The number of nitrogens with one attached hydrogen (secondary N) is 1. The van der Waals surface area contributed by atoms with Crippen LogP contribution in [0, 0.1) is 6.92 Å². The summed E-state index contributed by atoms with van der Waals surface area (Å²) in [5, 5.41) is 1.22. The van der Waals surface area contributed by atoms with E-state index in [0.29, 0.717) is 23.8 Å². The van der Waals surface area contributed by atoms with Crippen molar-refractivity contribution in [2.75, 3.05) is 48.1 Å². The minimum absolute atomic E-state index is 0.607. The highest BCUT2D eigenvalue weighted by Gasteiger charge is 2.16. The molecular formula is C25H35N3O4. The molecule has 0 atom stereocenters. The molecule has 7 heteroatoms. The van der Waals surface area contributed by atoms with Gasteiger partial charge in [0.25, 0.3) is 0 Å². The van der Waals surface area contributed by atoms with Crippen LogP contribution >= 0.6 is 0 Å². The number of hydrogen-bond acceptors (Lipinski definition) is 6. The molecule has 0 saturated carbocycles. The summed E-state index contributed by atoms with van der Waals surface area (Å²) >= 11 is 0. The van der Waals surface area contributed by atoms with Gasteiger partial charge in [-0.15, -0.1) is 0 Å². The molecule has 3 rings (SSSR count). The highest BCUT2D eigenvalue weighted by Crippen LogP contribution is 2.38. The van der Waals surface area contributed by atoms with Gasteiger partial charge in [-0.2, -0.15) is 0 Å². The highest BCUT2D eigenvalue weighted by molar-refractivity contribution is 5.86. The number of hydrogen-bond donors (Lipinski definition) is 2. The molecule has 0 bridgehead atoms. The van der Waals surface area contributed by atoms with Crippen molar-refractivity contribution in [1.82, 2.24) is 9.88 Å². The first-order chi connectivity index (χ1) is 15.5. The maximum Gasteiger partial charge on any atom is 0.203 e. The third-order valence-corrected chi connectivity index (χ3v) is 5.81. The van der Waals surface area contributed by atoms with Crippen molar-refractivity contribution in [2.45, 2.75) is 26.3 Å². The zero-order chi connectivity index (χ0) is 23.1. The van der Waals surface area contributed by atoms with Gasteiger partial charge in [0, 0.05) is 29.7 Å². The molecule has 0 aliphatic heterocycles. The number of aromatic nitrogens is 1. The minimum atomic E-state index is 0.607. The topological polar surface area (TPSA) is 82.0 Å². The molecular weight excluding hydrogens is 406 g/mol. The lowest BCUT2D eigenvalue weighted by Gasteiger charge is -2.23. The first kappa shape index (κ1) is 23.8. The molecule has 3 aromatic rings. The third-order valence-electron chi connectivity index (χ3n) is 5.81. The molecule has 7 nitrogen and oxygen atoms in total. The molecule has 0 aliphatic carbocycles. The van der Waals surface area contributed by atoms with Crippen LogP contribution in [-0.2, 0) is 13.0 Å². The Balaban J connectivity index is 1.82. The molecule has 0 unspecified atom stereocenters. The number of nitrogens with zero attached hydrogens (tertiary/aromatic N) is 1. The summed E-state index contributed by atoms with van der Waals surface area (Å²) in [6.45, 7) is 5.38. The van der Waals surface area contributed by atoms with E-state index in [1.807, 2.05) is 18.2 Å². The highest BCUT2D eigenvalue weighted by atomic mass is 16.5. The van der Waals surface area contributed by atoms with Gasteiger partial charge in [0.05, 0.1) is 28.4 Å². The number of methoxy groups -OCH3 is 4. The fraction of sp³-hybridized carbons (Fsp3) is 0.440. The second kappa shape index (κ2) is 11.1. The molecule has 1 aromatic heterocycles. The van der Waals surface area contributed by atoms with Gasteiger partial charge in [0.1, 0.15) is 5.75 Å². The van der Waals surface area contributed by atoms with Crippen molar-refractivity contribution in [1.29, 1.82) is 0 Å². The first-order valence-corrected chi connectivity index (χ1v) is 10.9. The predicted octanol–water partition coefficient (Wildman–Crippen LogP) is 3.90. The molecule has 174 valence electrons. The predicted molar refractivity (Wildman–Crippen MR) is 128 cm³/mol. The number of aromatic amines is 1. The number of ether oxygens (including phenoxy) is 4. The smallest absolute Gasteiger partial charge is 0.203 e. The van der Waals surface area contributed by atoms with Crippen molar-refractivity contribution in [3.63, 3.8) is 0 Å². The van der Waals surface area contributed by atoms with Crippen molar-refractivity contribution < 1.29 is 18.9 Å². The summed E-state index contributed by atoms with van der Waals surface area (Å²) in [6.07, 6.45) is 1.86. The molecule has 0 saturated heterocycles. The zero-order valence-electron chi connectivity index (χ0n) is 19.8. The van der Waals surface area contributed by atoms with Crippen molar-refractivity contribution in [3.05, 3.63) is 47.2 Å². The number of fused-ring (bicyclic) bond motifs is 1. The van der Waals surface area contributed by atoms with Crippen molar-refractivity contribution in [2.24, 2.45) is 5.73 Å². The Labute approximate surface area is 190 Å². The zero-order valence-corrected chi connectivity index (χ0v) is 19.8. The first-order valence-electron chi connectivity index (χ1n) is 10.9. The summed E-state index contributed by atoms with van der Waals surface area (Å²) in [4.78, 5) is 5.92. The van der Waals surface area contributed by atoms with E-state index in [-0.39, 0.29) is 0 Å². The van der Waals surface area contributed by atoms with Gasteiger partial charge in [-0.1, -0.05) is 0 Å². The molecule has 0 radical (unpaired) electrons. The van der Waals surface area contributed by atoms with E-state index in [0.717, 1.165) is 49.3 Å². The summed E-state index contributed by atoms with van der Waals surface area (Å²) in [6, 6.07) is 10.2. The summed E-state index contributed by atoms with van der Waals surface area (Å²) in [7, 11) is 6.60. The van der Waals surface area contributed by atoms with Gasteiger partial charge >= 0.3 is 0 Å². The lowest BCUT2D eigenvalue weighted by molar-refractivity contribution is 0.265. The Morgan fingerprint density at radius 1 is 0.906 bits per heavy atom. The Morgan fingerprint density at radius 2 is 1.62 bits per heavy atom. The van der Waals surface area contributed by atoms with Gasteiger partial charge in [-0.05, 0) is 74.3 Å². The molecule has 32 heavy (non-hydrogen) atoms. The minimum Gasteiger partial charge on any atom is -0.497 e. The van der Waals surface area contributed by atoms with Gasteiger partial charge < -0.3 is 29.7 Å². The molecule has 3 N–H and O–H groups in total. The average Bonchev–Trinajstić information content (AvgIpc) is 3.13. The SMILES string of the molecule is COc1ccc2[nH]c(C)c(CCN(CCCN)Cc3cc(OC)c(OC)c(OC)c3)c2c1. The van der Waals surface area contributed by atoms with Crippen LogP contribution in [0.25, 0.3) is 10.9 Å². The van der Waals surface area contributed by atoms with Gasteiger partial charge in [-0.3, -0.25) is 4.90 Å². The second-order valence-electron chi connectivity index (χ2n) is 7.84. The van der Waals surface area contributed by atoms with E-state index in [1.165, 1.54) is 16.6 Å². The fourth-order valence-corrected chi connectivity index (χ4v) is 4.15. The second-order valence-corrected chi connectivity index (χ2v) is 7.84.